The molecule has 0 aliphatic carbocycles. The smallest absolute Gasteiger partial charge is 0.350 e. The molecule has 2 amide bonds. The second kappa shape index (κ2) is 11.0. The molecule has 0 heterocycles. The van der Waals surface area contributed by atoms with Gasteiger partial charge in [0.05, 0.1) is 21.8 Å². The number of nitrogens with zero attached hydrogens (tertiary/aromatic N) is 2. The van der Waals surface area contributed by atoms with Crippen LogP contribution in [0.3, 0.4) is 0 Å². The molecule has 34 heavy (non-hydrogen) atoms. The van der Waals surface area contributed by atoms with E-state index in [0.717, 1.165) is 0 Å². The second-order valence-electron chi connectivity index (χ2n) is 6.51. The Kier molecular flexibility index (Phi) is 7.91. The summed E-state index contributed by atoms with van der Waals surface area (Å²) in [7, 11) is 0. The number of halogens is 2. The van der Waals surface area contributed by atoms with Crippen LogP contribution in [0.15, 0.2) is 71.8 Å². The molecule has 0 aliphatic rings. The van der Waals surface area contributed by atoms with Gasteiger partial charge >= 0.3 is 17.8 Å². The first-order valence-corrected chi connectivity index (χ1v) is 10.2. The zero-order chi connectivity index (χ0) is 24.7. The maximum Gasteiger partial charge on any atom is 0.350 e. The summed E-state index contributed by atoms with van der Waals surface area (Å²) in [5.41, 5.74) is 2.19. The molecule has 3 aromatic rings. The maximum atomic E-state index is 12.3. The molecule has 172 valence electrons. The highest BCUT2D eigenvalue weighted by molar-refractivity contribution is 6.42. The molecule has 0 saturated carbocycles. The first-order chi connectivity index (χ1) is 16.2. The van der Waals surface area contributed by atoms with Gasteiger partial charge in [-0.3, -0.25) is 19.7 Å². The minimum Gasteiger partial charge on any atom is -0.423 e. The fourth-order valence-corrected chi connectivity index (χ4v) is 2.91. The van der Waals surface area contributed by atoms with E-state index < -0.39 is 22.7 Å². The van der Waals surface area contributed by atoms with Gasteiger partial charge in [-0.2, -0.15) is 5.10 Å². The Hall–Kier alpha value is -4.28. The van der Waals surface area contributed by atoms with Gasteiger partial charge in [0.25, 0.3) is 5.69 Å². The number of nitrogens with one attached hydrogen (secondary N) is 2. The third-order valence-electron chi connectivity index (χ3n) is 4.17. The van der Waals surface area contributed by atoms with Crippen molar-refractivity contribution in [1.82, 2.24) is 5.43 Å². The summed E-state index contributed by atoms with van der Waals surface area (Å²) in [6.07, 6.45) is 1.26. The molecule has 10 nitrogen and oxygen atoms in total. The van der Waals surface area contributed by atoms with E-state index in [1.807, 2.05) is 0 Å². The predicted molar refractivity (Wildman–Crippen MR) is 125 cm³/mol. The monoisotopic (exact) mass is 500 g/mol. The van der Waals surface area contributed by atoms with E-state index in [2.05, 4.69) is 15.8 Å². The Bertz CT molecular complexity index is 1290. The van der Waals surface area contributed by atoms with E-state index in [4.69, 9.17) is 27.9 Å². The highest BCUT2D eigenvalue weighted by atomic mass is 35.5. The molecule has 0 radical (unpaired) electrons. The Labute approximate surface area is 202 Å². The molecule has 0 atom stereocenters. The van der Waals surface area contributed by atoms with E-state index in [1.54, 1.807) is 0 Å². The number of anilines is 1. The van der Waals surface area contributed by atoms with Gasteiger partial charge in [0, 0.05) is 11.1 Å². The topological polar surface area (TPSA) is 140 Å². The van der Waals surface area contributed by atoms with Crippen LogP contribution in [0.5, 0.6) is 5.75 Å². The van der Waals surface area contributed by atoms with E-state index >= 15 is 0 Å². The van der Waals surface area contributed by atoms with Crippen LogP contribution in [0.25, 0.3) is 0 Å². The largest absolute Gasteiger partial charge is 0.423 e. The van der Waals surface area contributed by atoms with Gasteiger partial charge in [-0.1, -0.05) is 35.3 Å². The number of esters is 1. The van der Waals surface area contributed by atoms with Crippen LogP contribution in [-0.2, 0) is 9.59 Å². The van der Waals surface area contributed by atoms with Gasteiger partial charge in [0.15, 0.2) is 0 Å². The lowest BCUT2D eigenvalue weighted by molar-refractivity contribution is -0.385. The van der Waals surface area contributed by atoms with Crippen molar-refractivity contribution in [3.63, 3.8) is 0 Å². The number of amides is 2. The number of ether oxygens (including phenoxy) is 1. The second-order valence-corrected chi connectivity index (χ2v) is 7.35. The number of nitro groups is 1. The van der Waals surface area contributed by atoms with Crippen molar-refractivity contribution in [2.24, 2.45) is 5.10 Å². The number of hydrogen-bond acceptors (Lipinski definition) is 7. The summed E-state index contributed by atoms with van der Waals surface area (Å²) in [4.78, 5) is 46.5. The third-order valence-corrected chi connectivity index (χ3v) is 4.74. The molecule has 0 bridgehead atoms. The molecular formula is C22H14Cl2N4O6. The molecule has 2 N–H and O–H groups in total. The first-order valence-electron chi connectivity index (χ1n) is 9.39. The van der Waals surface area contributed by atoms with Crippen molar-refractivity contribution >= 4 is 58.6 Å². The lowest BCUT2D eigenvalue weighted by atomic mass is 10.2. The van der Waals surface area contributed by atoms with Crippen LogP contribution in [0, 0.1) is 10.1 Å². The van der Waals surface area contributed by atoms with Crippen molar-refractivity contribution in [1.29, 1.82) is 0 Å². The standard InChI is InChI=1S/C22H14Cl2N4O6/c23-14-7-10-17(24)18(11-14)26-20(29)21(30)27-25-12-13-5-8-15(9-6-13)34-22(31)16-3-1-2-4-19(16)28(32)33/h1-12H,(H,26,29)(H,27,30)/b25-12+. The number of rotatable bonds is 6. The molecular weight excluding hydrogens is 487 g/mol. The highest BCUT2D eigenvalue weighted by Gasteiger charge is 2.21. The molecule has 0 aliphatic heterocycles. The Balaban J connectivity index is 1.56. The molecule has 3 aromatic carbocycles. The van der Waals surface area contributed by atoms with Crippen molar-refractivity contribution in [2.75, 3.05) is 5.32 Å². The summed E-state index contributed by atoms with van der Waals surface area (Å²) in [6.45, 7) is 0. The van der Waals surface area contributed by atoms with Crippen molar-refractivity contribution in [3.8, 4) is 5.75 Å². The minimum absolute atomic E-state index is 0.141. The van der Waals surface area contributed by atoms with Crippen molar-refractivity contribution < 1.29 is 24.0 Å². The van der Waals surface area contributed by atoms with E-state index in [0.29, 0.717) is 10.6 Å². The van der Waals surface area contributed by atoms with E-state index in [1.165, 1.54) is 72.9 Å². The minimum atomic E-state index is -1.04. The average Bonchev–Trinajstić information content (AvgIpc) is 2.82. The van der Waals surface area contributed by atoms with Crippen LogP contribution >= 0.6 is 23.2 Å². The van der Waals surface area contributed by atoms with Gasteiger partial charge in [-0.05, 0) is 54.1 Å². The number of benzene rings is 3. The van der Waals surface area contributed by atoms with Gasteiger partial charge < -0.3 is 10.1 Å². The van der Waals surface area contributed by atoms with Crippen LogP contribution in [0.1, 0.15) is 15.9 Å². The molecule has 3 rings (SSSR count). The molecule has 0 unspecified atom stereocenters. The summed E-state index contributed by atoms with van der Waals surface area (Å²) < 4.78 is 5.16. The van der Waals surface area contributed by atoms with Crippen molar-refractivity contribution in [3.05, 3.63) is 98.0 Å². The number of para-hydroxylation sites is 1. The van der Waals surface area contributed by atoms with Gasteiger partial charge in [0.1, 0.15) is 11.3 Å². The zero-order valence-corrected chi connectivity index (χ0v) is 18.5. The number of carbonyl (C=O) groups is 3. The fourth-order valence-electron chi connectivity index (χ4n) is 2.58. The van der Waals surface area contributed by atoms with Gasteiger partial charge in [-0.15, -0.1) is 0 Å². The van der Waals surface area contributed by atoms with Crippen LogP contribution in [-0.4, -0.2) is 28.9 Å². The number of hydrogen-bond donors (Lipinski definition) is 2. The van der Waals surface area contributed by atoms with Crippen LogP contribution < -0.4 is 15.5 Å². The SMILES string of the molecule is O=C(N/N=C/c1ccc(OC(=O)c2ccccc2[N+](=O)[O-])cc1)C(=O)Nc1cc(Cl)ccc1Cl. The maximum absolute atomic E-state index is 12.3. The first kappa shape index (κ1) is 24.4. The molecule has 0 fully saturated rings. The molecule has 12 heteroatoms. The normalized spacial score (nSPS) is 10.5. The fraction of sp³-hybridized carbons (Fsp3) is 0. The molecule has 0 aromatic heterocycles. The summed E-state index contributed by atoms with van der Waals surface area (Å²) in [5, 5.41) is 17.6. The number of hydrazone groups is 1. The van der Waals surface area contributed by atoms with Gasteiger partial charge in [-0.25, -0.2) is 10.2 Å². The van der Waals surface area contributed by atoms with Crippen LogP contribution in [0.2, 0.25) is 10.0 Å². The highest BCUT2D eigenvalue weighted by Crippen LogP contribution is 2.25. The predicted octanol–water partition coefficient (Wildman–Crippen LogP) is 4.21. The molecule has 0 spiro atoms. The number of carbonyl (C=O) groups excluding carboxylic acids is 3. The lowest BCUT2D eigenvalue weighted by Crippen LogP contribution is -2.32. The van der Waals surface area contributed by atoms with Gasteiger partial charge in [0.2, 0.25) is 0 Å². The Morgan fingerprint density at radius 2 is 1.68 bits per heavy atom. The van der Waals surface area contributed by atoms with E-state index in [9.17, 15) is 24.5 Å². The average molecular weight is 501 g/mol. The Morgan fingerprint density at radius 1 is 0.971 bits per heavy atom. The third kappa shape index (κ3) is 6.37. The Morgan fingerprint density at radius 3 is 2.38 bits per heavy atom. The summed E-state index contributed by atoms with van der Waals surface area (Å²) >= 11 is 11.8. The number of nitro benzene ring substituents is 1. The van der Waals surface area contributed by atoms with Crippen LogP contribution in [0.4, 0.5) is 11.4 Å². The molecule has 0 saturated heterocycles. The summed E-state index contributed by atoms with van der Waals surface area (Å²) in [6, 6.07) is 15.7. The van der Waals surface area contributed by atoms with E-state index in [-0.39, 0.29) is 27.7 Å². The lowest BCUT2D eigenvalue weighted by Gasteiger charge is -2.06. The zero-order valence-electron chi connectivity index (χ0n) is 17.0. The van der Waals surface area contributed by atoms with Crippen molar-refractivity contribution in [2.45, 2.75) is 0 Å². The summed E-state index contributed by atoms with van der Waals surface area (Å²) in [5.74, 6) is -2.78. The quantitative estimate of drug-likeness (QED) is 0.130.